The highest BCUT2D eigenvalue weighted by molar-refractivity contribution is 5.62. The molecule has 1 heteroatoms. The fourth-order valence-corrected chi connectivity index (χ4v) is 1.81. The highest BCUT2D eigenvalue weighted by Crippen LogP contribution is 2.22. The number of allylic oxidation sites excluding steroid dienone is 2. The van der Waals surface area contributed by atoms with Gasteiger partial charge in [0.1, 0.15) is 0 Å². The molecule has 0 radical (unpaired) electrons. The monoisotopic (exact) mass is 189 g/mol. The minimum absolute atomic E-state index is 1.30. The van der Waals surface area contributed by atoms with Gasteiger partial charge in [-0.1, -0.05) is 12.2 Å². The third-order valence-corrected chi connectivity index (χ3v) is 2.70. The van der Waals surface area contributed by atoms with Crippen LogP contribution in [0.1, 0.15) is 36.4 Å². The fourth-order valence-electron chi connectivity index (χ4n) is 1.81. The van der Waals surface area contributed by atoms with Crippen molar-refractivity contribution in [3.05, 3.63) is 34.7 Å². The van der Waals surface area contributed by atoms with Crippen LogP contribution in [0.2, 0.25) is 0 Å². The lowest BCUT2D eigenvalue weighted by molar-refractivity contribution is 0.896. The van der Waals surface area contributed by atoms with Gasteiger partial charge in [-0.05, 0) is 51.0 Å². The van der Waals surface area contributed by atoms with Crippen molar-refractivity contribution in [3.8, 4) is 0 Å². The molecule has 0 N–H and O–H groups in total. The van der Waals surface area contributed by atoms with Crippen LogP contribution in [-0.4, -0.2) is 4.57 Å². The van der Waals surface area contributed by atoms with E-state index in [2.05, 4.69) is 63.6 Å². The number of hydrogen-bond acceptors (Lipinski definition) is 0. The Bertz CT molecular complexity index is 343. The molecule has 0 aliphatic rings. The molecule has 0 saturated carbocycles. The summed E-state index contributed by atoms with van der Waals surface area (Å²) in [6.07, 6.45) is 8.49. The van der Waals surface area contributed by atoms with Crippen molar-refractivity contribution < 1.29 is 0 Å². The van der Waals surface area contributed by atoms with Gasteiger partial charge in [0.05, 0.1) is 0 Å². The molecule has 0 saturated heterocycles. The van der Waals surface area contributed by atoms with Crippen LogP contribution in [-0.2, 0) is 7.05 Å². The van der Waals surface area contributed by atoms with Crippen molar-refractivity contribution in [2.24, 2.45) is 7.05 Å². The van der Waals surface area contributed by atoms with Crippen molar-refractivity contribution in [1.29, 1.82) is 0 Å². The molecule has 0 bridgehead atoms. The van der Waals surface area contributed by atoms with Crippen LogP contribution in [0.5, 0.6) is 0 Å². The van der Waals surface area contributed by atoms with Crippen LogP contribution in [0.15, 0.2) is 12.2 Å². The summed E-state index contributed by atoms with van der Waals surface area (Å²) < 4.78 is 2.24. The van der Waals surface area contributed by atoms with Crippen molar-refractivity contribution >= 4 is 12.2 Å². The normalized spacial score (nSPS) is 12.1. The summed E-state index contributed by atoms with van der Waals surface area (Å²) in [5, 5.41) is 0. The predicted octanol–water partition coefficient (Wildman–Crippen LogP) is 3.71. The van der Waals surface area contributed by atoms with E-state index in [0.717, 1.165) is 0 Å². The number of nitrogens with zero attached hydrogens (tertiary/aromatic N) is 1. The summed E-state index contributed by atoms with van der Waals surface area (Å²) in [7, 11) is 2.12. The van der Waals surface area contributed by atoms with E-state index >= 15 is 0 Å². The van der Waals surface area contributed by atoms with Gasteiger partial charge >= 0.3 is 0 Å². The Morgan fingerprint density at radius 1 is 0.857 bits per heavy atom. The van der Waals surface area contributed by atoms with E-state index in [1.807, 2.05) is 0 Å². The molecule has 1 heterocycles. The summed E-state index contributed by atoms with van der Waals surface area (Å²) in [5.41, 5.74) is 5.36. The first-order chi connectivity index (χ1) is 6.63. The second kappa shape index (κ2) is 4.32. The maximum Gasteiger partial charge on any atom is 0.0437 e. The van der Waals surface area contributed by atoms with Crippen molar-refractivity contribution in [1.82, 2.24) is 4.57 Å². The first kappa shape index (κ1) is 10.8. The number of aromatic nitrogens is 1. The first-order valence-electron chi connectivity index (χ1n) is 5.04. The molecule has 76 valence electrons. The van der Waals surface area contributed by atoms with Gasteiger partial charge < -0.3 is 4.57 Å². The van der Waals surface area contributed by atoms with Crippen LogP contribution in [0.4, 0.5) is 0 Å². The Balaban J connectivity index is 3.40. The molecule has 1 nitrogen and oxygen atoms in total. The lowest BCUT2D eigenvalue weighted by Gasteiger charge is -2.01. The van der Waals surface area contributed by atoms with E-state index in [1.54, 1.807) is 0 Å². The lowest BCUT2D eigenvalue weighted by Crippen LogP contribution is -1.94. The van der Waals surface area contributed by atoms with Crippen LogP contribution in [0, 0.1) is 13.8 Å². The summed E-state index contributed by atoms with van der Waals surface area (Å²) in [4.78, 5) is 0. The number of rotatable bonds is 2. The highest BCUT2D eigenvalue weighted by Gasteiger charge is 2.09. The highest BCUT2D eigenvalue weighted by atomic mass is 15.0. The molecule has 0 aromatic carbocycles. The van der Waals surface area contributed by atoms with Crippen LogP contribution in [0.3, 0.4) is 0 Å². The van der Waals surface area contributed by atoms with Gasteiger partial charge in [0.25, 0.3) is 0 Å². The largest absolute Gasteiger partial charge is 0.344 e. The third-order valence-electron chi connectivity index (χ3n) is 2.70. The minimum atomic E-state index is 1.30. The lowest BCUT2D eigenvalue weighted by atomic mass is 10.1. The molecule has 1 aromatic heterocycles. The van der Waals surface area contributed by atoms with Gasteiger partial charge in [0.15, 0.2) is 0 Å². The Morgan fingerprint density at radius 3 is 1.50 bits per heavy atom. The Kier molecular flexibility index (Phi) is 3.34. The van der Waals surface area contributed by atoms with Crippen LogP contribution >= 0.6 is 0 Å². The van der Waals surface area contributed by atoms with E-state index < -0.39 is 0 Å². The molecular formula is C13H19N. The molecular weight excluding hydrogens is 170 g/mol. The molecule has 14 heavy (non-hydrogen) atoms. The molecule has 0 aliphatic heterocycles. The maximum atomic E-state index is 2.24. The maximum absolute atomic E-state index is 2.24. The van der Waals surface area contributed by atoms with Gasteiger partial charge in [0, 0.05) is 18.4 Å². The average molecular weight is 189 g/mol. The van der Waals surface area contributed by atoms with Gasteiger partial charge in [-0.3, -0.25) is 0 Å². The first-order valence-corrected chi connectivity index (χ1v) is 5.04. The zero-order valence-corrected chi connectivity index (χ0v) is 9.76. The Hall–Kier alpha value is -1.24. The molecule has 0 unspecified atom stereocenters. The fraction of sp³-hybridized carbons (Fsp3) is 0.385. The minimum Gasteiger partial charge on any atom is -0.344 e. The Labute approximate surface area is 86.8 Å². The second-order valence-corrected chi connectivity index (χ2v) is 3.58. The summed E-state index contributed by atoms with van der Waals surface area (Å²) in [5.74, 6) is 0. The quantitative estimate of drug-likeness (QED) is 0.668. The van der Waals surface area contributed by atoms with Crippen molar-refractivity contribution in [3.63, 3.8) is 0 Å². The van der Waals surface area contributed by atoms with Gasteiger partial charge in [0.2, 0.25) is 0 Å². The third kappa shape index (κ3) is 1.67. The topological polar surface area (TPSA) is 4.93 Å². The molecule has 1 aromatic rings. The van der Waals surface area contributed by atoms with Gasteiger partial charge in [-0.25, -0.2) is 0 Å². The van der Waals surface area contributed by atoms with E-state index in [0.29, 0.717) is 0 Å². The molecule has 0 spiro atoms. The SMILES string of the molecule is CC=Cc1c(C)c(C)c(C=CC)n1C. The summed E-state index contributed by atoms with van der Waals surface area (Å²) in [6, 6.07) is 0. The van der Waals surface area contributed by atoms with E-state index in [9.17, 15) is 0 Å². The summed E-state index contributed by atoms with van der Waals surface area (Å²) >= 11 is 0. The standard InChI is InChI=1S/C13H19N/c1-6-8-12-10(3)11(4)13(9-7-2)14(12)5/h6-9H,1-5H3. The zero-order valence-electron chi connectivity index (χ0n) is 9.76. The second-order valence-electron chi connectivity index (χ2n) is 3.58. The Morgan fingerprint density at radius 2 is 1.21 bits per heavy atom. The molecule has 0 aliphatic carbocycles. The van der Waals surface area contributed by atoms with Gasteiger partial charge in [-0.15, -0.1) is 0 Å². The van der Waals surface area contributed by atoms with E-state index in [-0.39, 0.29) is 0 Å². The zero-order chi connectivity index (χ0) is 10.7. The number of hydrogen-bond donors (Lipinski definition) is 0. The average Bonchev–Trinajstić information content (AvgIpc) is 2.36. The predicted molar refractivity (Wildman–Crippen MR) is 64.3 cm³/mol. The van der Waals surface area contributed by atoms with Crippen molar-refractivity contribution in [2.45, 2.75) is 27.7 Å². The smallest absolute Gasteiger partial charge is 0.0437 e. The molecule has 0 amide bonds. The molecule has 0 fully saturated rings. The van der Waals surface area contributed by atoms with Crippen LogP contribution in [0.25, 0.3) is 12.2 Å². The molecule has 0 atom stereocenters. The van der Waals surface area contributed by atoms with Crippen molar-refractivity contribution in [2.75, 3.05) is 0 Å². The molecule has 1 rings (SSSR count). The summed E-state index contributed by atoms with van der Waals surface area (Å²) in [6.45, 7) is 8.46. The van der Waals surface area contributed by atoms with E-state index in [1.165, 1.54) is 22.5 Å². The van der Waals surface area contributed by atoms with E-state index in [4.69, 9.17) is 0 Å². The van der Waals surface area contributed by atoms with Gasteiger partial charge in [-0.2, -0.15) is 0 Å². The van der Waals surface area contributed by atoms with Crippen LogP contribution < -0.4 is 0 Å².